The van der Waals surface area contributed by atoms with Gasteiger partial charge in [0.05, 0.1) is 26.7 Å². The Hall–Kier alpha value is -1.63. The van der Waals surface area contributed by atoms with E-state index in [0.717, 1.165) is 10.6 Å². The Bertz CT molecular complexity index is 760. The molecule has 0 aliphatic rings. The largest absolute Gasteiger partial charge is 0.469 e. The fourth-order valence-corrected chi connectivity index (χ4v) is 3.47. The van der Waals surface area contributed by atoms with Gasteiger partial charge in [0.25, 0.3) is 5.91 Å². The molecule has 7 heteroatoms. The third kappa shape index (κ3) is 2.63. The highest BCUT2D eigenvalue weighted by Crippen LogP contribution is 2.32. The first kappa shape index (κ1) is 13.4. The second kappa shape index (κ2) is 5.40. The van der Waals surface area contributed by atoms with Gasteiger partial charge in [-0.1, -0.05) is 11.6 Å². The number of furan rings is 1. The normalized spacial score (nSPS) is 10.7. The monoisotopic (exact) mass is 324 g/mol. The predicted molar refractivity (Wildman–Crippen MR) is 81.8 cm³/mol. The molecule has 3 heterocycles. The number of anilines is 1. The number of hydrogen-bond donors (Lipinski definition) is 1. The van der Waals surface area contributed by atoms with Gasteiger partial charge in [0, 0.05) is 5.38 Å². The number of rotatable bonds is 3. The van der Waals surface area contributed by atoms with Crippen LogP contribution in [-0.4, -0.2) is 10.9 Å². The van der Waals surface area contributed by atoms with Crippen LogP contribution in [0.4, 0.5) is 5.13 Å². The Labute approximate surface area is 128 Å². The van der Waals surface area contributed by atoms with Crippen LogP contribution < -0.4 is 5.32 Å². The zero-order valence-electron chi connectivity index (χ0n) is 10.3. The van der Waals surface area contributed by atoms with Crippen molar-refractivity contribution in [2.24, 2.45) is 0 Å². The number of aryl methyl sites for hydroxylation is 1. The van der Waals surface area contributed by atoms with Gasteiger partial charge in [-0.05, 0) is 25.1 Å². The van der Waals surface area contributed by atoms with Gasteiger partial charge in [0.1, 0.15) is 5.76 Å². The molecule has 102 valence electrons. The number of halogens is 1. The molecular weight excluding hydrogens is 316 g/mol. The lowest BCUT2D eigenvalue weighted by atomic mass is 10.2. The number of hydrogen-bond acceptors (Lipinski definition) is 5. The summed E-state index contributed by atoms with van der Waals surface area (Å²) < 4.78 is 5.83. The number of amides is 1. The summed E-state index contributed by atoms with van der Waals surface area (Å²) in [5, 5.41) is 5.20. The lowest BCUT2D eigenvalue weighted by Crippen LogP contribution is -2.11. The number of thiazole rings is 1. The molecule has 3 rings (SSSR count). The summed E-state index contributed by atoms with van der Waals surface area (Å²) in [4.78, 5) is 17.4. The number of nitrogens with zero attached hydrogens (tertiary/aromatic N) is 1. The van der Waals surface area contributed by atoms with E-state index in [1.54, 1.807) is 13.0 Å². The highest BCUT2D eigenvalue weighted by molar-refractivity contribution is 7.20. The number of carbonyl (C=O) groups excluding carboxylic acids is 1. The molecule has 0 fully saturated rings. The Kier molecular flexibility index (Phi) is 3.60. The number of aromatic nitrogens is 1. The van der Waals surface area contributed by atoms with Crippen molar-refractivity contribution in [2.45, 2.75) is 6.92 Å². The molecule has 0 saturated heterocycles. The number of thiophene rings is 1. The molecule has 0 radical (unpaired) electrons. The van der Waals surface area contributed by atoms with Crippen LogP contribution >= 0.6 is 34.3 Å². The van der Waals surface area contributed by atoms with E-state index >= 15 is 0 Å². The molecular formula is C13H9ClN2O2S2. The van der Waals surface area contributed by atoms with Crippen LogP contribution in [0.2, 0.25) is 4.34 Å². The summed E-state index contributed by atoms with van der Waals surface area (Å²) in [6, 6.07) is 5.38. The lowest BCUT2D eigenvalue weighted by Gasteiger charge is -1.99. The smallest absolute Gasteiger partial charge is 0.260 e. The molecule has 20 heavy (non-hydrogen) atoms. The molecule has 0 aliphatic carbocycles. The van der Waals surface area contributed by atoms with Crippen molar-refractivity contribution in [2.75, 3.05) is 5.32 Å². The summed E-state index contributed by atoms with van der Waals surface area (Å²) in [6.45, 7) is 1.75. The summed E-state index contributed by atoms with van der Waals surface area (Å²) >= 11 is 8.73. The zero-order chi connectivity index (χ0) is 14.1. The summed E-state index contributed by atoms with van der Waals surface area (Å²) in [5.74, 6) is 0.366. The van der Waals surface area contributed by atoms with Gasteiger partial charge in [-0.3, -0.25) is 10.1 Å². The van der Waals surface area contributed by atoms with Gasteiger partial charge in [-0.25, -0.2) is 4.98 Å². The number of nitrogens with one attached hydrogen (secondary N) is 1. The molecule has 0 atom stereocenters. The first-order valence-electron chi connectivity index (χ1n) is 5.70. The molecule has 0 unspecified atom stereocenters. The van der Waals surface area contributed by atoms with Crippen molar-refractivity contribution in [3.8, 4) is 10.6 Å². The minimum Gasteiger partial charge on any atom is -0.469 e. The van der Waals surface area contributed by atoms with Crippen LogP contribution in [0.25, 0.3) is 10.6 Å². The maximum absolute atomic E-state index is 12.0. The van der Waals surface area contributed by atoms with Crippen molar-refractivity contribution in [3.05, 3.63) is 45.5 Å². The second-order valence-corrected chi connectivity index (χ2v) is 6.56. The Morgan fingerprint density at radius 1 is 1.40 bits per heavy atom. The molecule has 0 aliphatic heterocycles. The Morgan fingerprint density at radius 3 is 2.90 bits per heavy atom. The van der Waals surface area contributed by atoms with Gasteiger partial charge >= 0.3 is 0 Å². The SMILES string of the molecule is Cc1occc1C(=O)Nc1nc(-c2ccc(Cl)s2)cs1. The number of carbonyl (C=O) groups is 1. The summed E-state index contributed by atoms with van der Waals surface area (Å²) in [5.41, 5.74) is 1.33. The van der Waals surface area contributed by atoms with Gasteiger partial charge in [0.15, 0.2) is 5.13 Å². The van der Waals surface area contributed by atoms with Crippen molar-refractivity contribution < 1.29 is 9.21 Å². The average Bonchev–Trinajstić information content (AvgIpc) is 3.10. The van der Waals surface area contributed by atoms with Crippen LogP contribution in [0.3, 0.4) is 0 Å². The van der Waals surface area contributed by atoms with Gasteiger partial charge < -0.3 is 4.42 Å². The average molecular weight is 325 g/mol. The van der Waals surface area contributed by atoms with E-state index in [1.165, 1.54) is 28.9 Å². The minimum absolute atomic E-state index is 0.221. The molecule has 0 bridgehead atoms. The van der Waals surface area contributed by atoms with Crippen LogP contribution in [0.1, 0.15) is 16.1 Å². The first-order valence-corrected chi connectivity index (χ1v) is 7.77. The summed E-state index contributed by atoms with van der Waals surface area (Å²) in [6.07, 6.45) is 1.49. The van der Waals surface area contributed by atoms with Crippen molar-refractivity contribution in [3.63, 3.8) is 0 Å². The molecule has 4 nitrogen and oxygen atoms in total. The quantitative estimate of drug-likeness (QED) is 0.761. The fraction of sp³-hybridized carbons (Fsp3) is 0.0769. The highest BCUT2D eigenvalue weighted by atomic mass is 35.5. The van der Waals surface area contributed by atoms with E-state index in [9.17, 15) is 4.79 Å². The molecule has 3 aromatic heterocycles. The fourth-order valence-electron chi connectivity index (χ4n) is 1.68. The maximum atomic E-state index is 12.0. The van der Waals surface area contributed by atoms with Crippen molar-refractivity contribution >= 4 is 45.3 Å². The van der Waals surface area contributed by atoms with Gasteiger partial charge in [-0.2, -0.15) is 0 Å². The molecule has 1 N–H and O–H groups in total. The van der Waals surface area contributed by atoms with E-state index in [1.807, 2.05) is 17.5 Å². The van der Waals surface area contributed by atoms with Crippen molar-refractivity contribution in [1.82, 2.24) is 4.98 Å². The minimum atomic E-state index is -0.221. The second-order valence-electron chi connectivity index (χ2n) is 3.99. The van der Waals surface area contributed by atoms with E-state index in [2.05, 4.69) is 10.3 Å². The van der Waals surface area contributed by atoms with Gasteiger partial charge in [-0.15, -0.1) is 22.7 Å². The molecule has 0 aromatic carbocycles. The van der Waals surface area contributed by atoms with Crippen LogP contribution in [0.5, 0.6) is 0 Å². The first-order chi connectivity index (χ1) is 9.63. The van der Waals surface area contributed by atoms with Gasteiger partial charge in [0.2, 0.25) is 0 Å². The third-order valence-corrected chi connectivity index (χ3v) is 4.67. The molecule has 0 saturated carbocycles. The lowest BCUT2D eigenvalue weighted by molar-refractivity contribution is 0.102. The Morgan fingerprint density at radius 2 is 2.25 bits per heavy atom. The molecule has 0 spiro atoms. The van der Waals surface area contributed by atoms with Crippen LogP contribution in [-0.2, 0) is 0 Å². The standard InChI is InChI=1S/C13H9ClN2O2S2/c1-7-8(4-5-18-7)12(17)16-13-15-9(6-19-13)10-2-3-11(14)20-10/h2-6H,1H3,(H,15,16,17). The van der Waals surface area contributed by atoms with E-state index < -0.39 is 0 Å². The Balaban J connectivity index is 1.78. The maximum Gasteiger partial charge on any atom is 0.260 e. The topological polar surface area (TPSA) is 55.1 Å². The molecule has 3 aromatic rings. The van der Waals surface area contributed by atoms with E-state index in [4.69, 9.17) is 16.0 Å². The van der Waals surface area contributed by atoms with E-state index in [-0.39, 0.29) is 5.91 Å². The zero-order valence-corrected chi connectivity index (χ0v) is 12.7. The predicted octanol–water partition coefficient (Wildman–Crippen LogP) is 4.68. The summed E-state index contributed by atoms with van der Waals surface area (Å²) in [7, 11) is 0. The molecule has 1 amide bonds. The highest BCUT2D eigenvalue weighted by Gasteiger charge is 2.14. The van der Waals surface area contributed by atoms with Crippen LogP contribution in [0, 0.1) is 6.92 Å². The van der Waals surface area contributed by atoms with E-state index in [0.29, 0.717) is 20.8 Å². The van der Waals surface area contributed by atoms with Crippen molar-refractivity contribution in [1.29, 1.82) is 0 Å². The third-order valence-electron chi connectivity index (χ3n) is 2.65. The van der Waals surface area contributed by atoms with Crippen LogP contribution in [0.15, 0.2) is 34.3 Å².